The smallest absolute Gasteiger partial charge is 0.255 e. The Morgan fingerprint density at radius 2 is 1.58 bits per heavy atom. The van der Waals surface area contributed by atoms with Crippen molar-refractivity contribution in [3.63, 3.8) is 0 Å². The van der Waals surface area contributed by atoms with Gasteiger partial charge in [-0.05, 0) is 61.6 Å². The molecule has 0 aliphatic heterocycles. The average Bonchev–Trinajstić information content (AvgIpc) is 3.22. The molecule has 3 N–H and O–H groups in total. The van der Waals surface area contributed by atoms with Gasteiger partial charge in [-0.2, -0.15) is 5.10 Å². The lowest BCUT2D eigenvalue weighted by Gasteiger charge is -2.17. The number of primary amides is 1. The van der Waals surface area contributed by atoms with Gasteiger partial charge in [-0.15, -0.1) is 0 Å². The molecule has 3 aromatic rings. The summed E-state index contributed by atoms with van der Waals surface area (Å²) in [5.74, 6) is 0.434. The Morgan fingerprint density at radius 1 is 1.00 bits per heavy atom. The highest BCUT2D eigenvalue weighted by atomic mass is 16.5. The van der Waals surface area contributed by atoms with Crippen LogP contribution in [0.2, 0.25) is 0 Å². The molecule has 0 saturated carbocycles. The minimum atomic E-state index is -0.489. The number of benzene rings is 2. The Morgan fingerprint density at radius 3 is 2.13 bits per heavy atom. The number of hydrogen-bond donors (Lipinski definition) is 2. The van der Waals surface area contributed by atoms with Gasteiger partial charge < -0.3 is 20.7 Å². The van der Waals surface area contributed by atoms with Gasteiger partial charge in [0, 0.05) is 23.9 Å². The highest BCUT2D eigenvalue weighted by Crippen LogP contribution is 2.22. The second-order valence-electron chi connectivity index (χ2n) is 6.99. The van der Waals surface area contributed by atoms with Crippen LogP contribution >= 0.6 is 0 Å². The normalized spacial score (nSPS) is 10.8. The van der Waals surface area contributed by atoms with Crippen molar-refractivity contribution >= 4 is 17.5 Å². The van der Waals surface area contributed by atoms with Gasteiger partial charge in [0.1, 0.15) is 11.5 Å². The van der Waals surface area contributed by atoms with Crippen molar-refractivity contribution in [2.45, 2.75) is 20.4 Å². The first kappa shape index (κ1) is 22.0. The number of likely N-dealkylation sites (N-methyl/N-ethyl adjacent to an activating group) is 1. The lowest BCUT2D eigenvalue weighted by atomic mass is 10.2. The van der Waals surface area contributed by atoms with Crippen LogP contribution < -0.4 is 15.8 Å². The molecular formula is C23H27N5O3. The van der Waals surface area contributed by atoms with Crippen molar-refractivity contribution in [2.75, 3.05) is 25.0 Å². The van der Waals surface area contributed by atoms with E-state index in [1.807, 2.05) is 10.9 Å². The quantitative estimate of drug-likeness (QED) is 0.523. The van der Waals surface area contributed by atoms with Gasteiger partial charge in [0.25, 0.3) is 5.91 Å². The van der Waals surface area contributed by atoms with Crippen LogP contribution in [0.1, 0.15) is 34.6 Å². The van der Waals surface area contributed by atoms with Gasteiger partial charge in [-0.1, -0.05) is 13.8 Å². The van der Waals surface area contributed by atoms with E-state index < -0.39 is 5.91 Å². The summed E-state index contributed by atoms with van der Waals surface area (Å²) >= 11 is 0. The van der Waals surface area contributed by atoms with Crippen LogP contribution in [0.15, 0.2) is 60.9 Å². The molecule has 0 atom stereocenters. The molecule has 0 unspecified atom stereocenters. The monoisotopic (exact) mass is 421 g/mol. The minimum absolute atomic E-state index is 0.222. The van der Waals surface area contributed by atoms with Crippen LogP contribution in [0.5, 0.6) is 11.5 Å². The zero-order chi connectivity index (χ0) is 22.2. The molecule has 0 bridgehead atoms. The molecule has 1 heterocycles. The van der Waals surface area contributed by atoms with Crippen molar-refractivity contribution in [1.29, 1.82) is 0 Å². The van der Waals surface area contributed by atoms with Crippen molar-refractivity contribution in [2.24, 2.45) is 5.73 Å². The fourth-order valence-corrected chi connectivity index (χ4v) is 3.04. The van der Waals surface area contributed by atoms with Crippen LogP contribution in [0, 0.1) is 0 Å². The lowest BCUT2D eigenvalue weighted by molar-refractivity contribution is 0.0997. The summed E-state index contributed by atoms with van der Waals surface area (Å²) in [5.41, 5.74) is 6.80. The molecule has 8 heteroatoms. The summed E-state index contributed by atoms with van der Waals surface area (Å²) in [4.78, 5) is 26.0. The molecule has 2 aromatic carbocycles. The summed E-state index contributed by atoms with van der Waals surface area (Å²) in [6.45, 7) is 7.95. The van der Waals surface area contributed by atoms with Crippen LogP contribution in [0.3, 0.4) is 0 Å². The van der Waals surface area contributed by atoms with Gasteiger partial charge in [0.05, 0.1) is 18.4 Å². The van der Waals surface area contributed by atoms with Crippen molar-refractivity contribution in [3.8, 4) is 11.5 Å². The van der Waals surface area contributed by atoms with E-state index in [9.17, 15) is 9.59 Å². The Labute approximate surface area is 181 Å². The maximum atomic E-state index is 12.5. The van der Waals surface area contributed by atoms with Crippen LogP contribution in [0.4, 0.5) is 5.69 Å². The maximum Gasteiger partial charge on any atom is 0.255 e. The van der Waals surface area contributed by atoms with Crippen molar-refractivity contribution in [1.82, 2.24) is 14.7 Å². The number of carbonyl (C=O) groups excluding carboxylic acids is 2. The predicted molar refractivity (Wildman–Crippen MR) is 119 cm³/mol. The molecule has 0 spiro atoms. The summed E-state index contributed by atoms with van der Waals surface area (Å²) < 4.78 is 7.56. The number of aromatic nitrogens is 2. The van der Waals surface area contributed by atoms with Crippen LogP contribution in [-0.2, 0) is 6.54 Å². The Kier molecular flexibility index (Phi) is 7.40. The summed E-state index contributed by atoms with van der Waals surface area (Å²) in [6, 6.07) is 13.3. The average molecular weight is 422 g/mol. The summed E-state index contributed by atoms with van der Waals surface area (Å²) in [5, 5.41) is 7.17. The number of nitrogens with two attached hydrogens (primary N) is 1. The summed E-state index contributed by atoms with van der Waals surface area (Å²) in [7, 11) is 0. The number of carbonyl (C=O) groups is 2. The van der Waals surface area contributed by atoms with Gasteiger partial charge in [0.15, 0.2) is 0 Å². The van der Waals surface area contributed by atoms with E-state index in [4.69, 9.17) is 10.5 Å². The second kappa shape index (κ2) is 10.4. The number of ether oxygens (including phenoxy) is 1. The van der Waals surface area contributed by atoms with E-state index in [1.165, 1.54) is 0 Å². The third-order valence-corrected chi connectivity index (χ3v) is 4.92. The molecule has 1 aromatic heterocycles. The number of nitrogens with zero attached hydrogens (tertiary/aromatic N) is 3. The first-order valence-corrected chi connectivity index (χ1v) is 10.2. The lowest BCUT2D eigenvalue weighted by Crippen LogP contribution is -2.27. The van der Waals surface area contributed by atoms with Gasteiger partial charge in [0.2, 0.25) is 5.91 Å². The molecule has 3 rings (SSSR count). The molecule has 0 radical (unpaired) electrons. The van der Waals surface area contributed by atoms with E-state index in [-0.39, 0.29) is 5.91 Å². The SMILES string of the molecule is CCN(CC)CCn1cc(NC(=O)c2ccc(Oc3ccc(C(N)=O)cc3)cc2)cn1. The molecule has 31 heavy (non-hydrogen) atoms. The first-order valence-electron chi connectivity index (χ1n) is 10.2. The molecule has 0 saturated heterocycles. The summed E-state index contributed by atoms with van der Waals surface area (Å²) in [6.07, 6.45) is 3.47. The molecule has 0 fully saturated rings. The molecule has 2 amide bonds. The molecule has 162 valence electrons. The fraction of sp³-hybridized carbons (Fsp3) is 0.261. The topological polar surface area (TPSA) is 102 Å². The number of hydrogen-bond acceptors (Lipinski definition) is 5. The Balaban J connectivity index is 1.55. The molecule has 8 nitrogen and oxygen atoms in total. The number of amides is 2. The predicted octanol–water partition coefficient (Wildman–Crippen LogP) is 3.37. The van der Waals surface area contributed by atoms with E-state index >= 15 is 0 Å². The van der Waals surface area contributed by atoms with Crippen molar-refractivity contribution < 1.29 is 14.3 Å². The highest BCUT2D eigenvalue weighted by Gasteiger charge is 2.09. The standard InChI is InChI=1S/C23H27N5O3/c1-3-27(4-2)13-14-28-16-19(15-25-28)26-23(30)18-7-11-21(12-8-18)31-20-9-5-17(6-10-20)22(24)29/h5-12,15-16H,3-4,13-14H2,1-2H3,(H2,24,29)(H,26,30). The molecule has 0 aliphatic rings. The number of rotatable bonds is 10. The Hall–Kier alpha value is -3.65. The first-order chi connectivity index (χ1) is 15.0. The second-order valence-corrected chi connectivity index (χ2v) is 6.99. The van der Waals surface area contributed by atoms with Crippen LogP contribution in [0.25, 0.3) is 0 Å². The third kappa shape index (κ3) is 6.16. The fourth-order valence-electron chi connectivity index (χ4n) is 3.04. The van der Waals surface area contributed by atoms with Gasteiger partial charge in [-0.25, -0.2) is 0 Å². The van der Waals surface area contributed by atoms with E-state index in [0.717, 1.165) is 26.2 Å². The number of nitrogens with one attached hydrogen (secondary N) is 1. The third-order valence-electron chi connectivity index (χ3n) is 4.92. The molecular weight excluding hydrogens is 394 g/mol. The highest BCUT2D eigenvalue weighted by molar-refractivity contribution is 6.04. The van der Waals surface area contributed by atoms with E-state index in [1.54, 1.807) is 54.7 Å². The van der Waals surface area contributed by atoms with E-state index in [2.05, 4.69) is 29.2 Å². The number of anilines is 1. The van der Waals surface area contributed by atoms with Crippen LogP contribution in [-0.4, -0.2) is 46.1 Å². The largest absolute Gasteiger partial charge is 0.457 e. The zero-order valence-corrected chi connectivity index (χ0v) is 17.7. The minimum Gasteiger partial charge on any atom is -0.457 e. The van der Waals surface area contributed by atoms with Crippen molar-refractivity contribution in [3.05, 3.63) is 72.1 Å². The van der Waals surface area contributed by atoms with Gasteiger partial charge in [-0.3, -0.25) is 14.3 Å². The van der Waals surface area contributed by atoms with Gasteiger partial charge >= 0.3 is 0 Å². The Bertz CT molecular complexity index is 1010. The molecule has 0 aliphatic carbocycles. The van der Waals surface area contributed by atoms with E-state index in [0.29, 0.717) is 28.3 Å². The maximum absolute atomic E-state index is 12.5. The zero-order valence-electron chi connectivity index (χ0n) is 17.7.